The second kappa shape index (κ2) is 6.76. The summed E-state index contributed by atoms with van der Waals surface area (Å²) in [7, 11) is 3.56. The maximum Gasteiger partial charge on any atom is 0.122 e. The van der Waals surface area contributed by atoms with Crippen LogP contribution in [0.5, 0.6) is 5.75 Å². The highest BCUT2D eigenvalue weighted by Gasteiger charge is 2.22. The number of aryl methyl sites for hydroxylation is 1. The fourth-order valence-electron chi connectivity index (χ4n) is 2.32. The van der Waals surface area contributed by atoms with Gasteiger partial charge in [0.05, 0.1) is 13.2 Å². The van der Waals surface area contributed by atoms with Gasteiger partial charge in [-0.2, -0.15) is 0 Å². The molecule has 0 aliphatic carbocycles. The van der Waals surface area contributed by atoms with Crippen molar-refractivity contribution in [3.05, 3.63) is 29.3 Å². The molecule has 2 unspecified atom stereocenters. The Kier molecular flexibility index (Phi) is 5.63. The summed E-state index contributed by atoms with van der Waals surface area (Å²) in [5, 5.41) is 13.6. The van der Waals surface area contributed by atoms with Gasteiger partial charge in [0.1, 0.15) is 5.75 Å². The van der Waals surface area contributed by atoms with Crippen molar-refractivity contribution in [1.82, 2.24) is 5.32 Å². The van der Waals surface area contributed by atoms with E-state index in [1.165, 1.54) is 0 Å². The number of ether oxygens (including phenoxy) is 1. The number of nitrogens with one attached hydrogen (secondary N) is 1. The summed E-state index contributed by atoms with van der Waals surface area (Å²) in [6, 6.07) is 5.97. The van der Waals surface area contributed by atoms with Gasteiger partial charge in [0, 0.05) is 6.04 Å². The van der Waals surface area contributed by atoms with Gasteiger partial charge in [-0.05, 0) is 42.6 Å². The minimum absolute atomic E-state index is 0.0584. The Hall–Kier alpha value is -1.06. The van der Waals surface area contributed by atoms with Crippen molar-refractivity contribution < 1.29 is 9.84 Å². The van der Waals surface area contributed by atoms with Gasteiger partial charge in [-0.3, -0.25) is 0 Å². The molecule has 0 fully saturated rings. The summed E-state index contributed by atoms with van der Waals surface area (Å²) in [5.41, 5.74) is 2.08. The Morgan fingerprint density at radius 3 is 2.44 bits per heavy atom. The lowest BCUT2D eigenvalue weighted by atomic mass is 9.92. The number of hydrogen-bond donors (Lipinski definition) is 2. The largest absolute Gasteiger partial charge is 0.496 e. The SMILES string of the molecule is CCc1cc(C(O)C(NC)C(C)C)ccc1OC. The van der Waals surface area contributed by atoms with Crippen LogP contribution in [0.15, 0.2) is 18.2 Å². The van der Waals surface area contributed by atoms with E-state index in [-0.39, 0.29) is 6.04 Å². The van der Waals surface area contributed by atoms with Crippen LogP contribution in [0.1, 0.15) is 38.0 Å². The van der Waals surface area contributed by atoms with Crippen LogP contribution in [0.25, 0.3) is 0 Å². The zero-order valence-electron chi connectivity index (χ0n) is 12.0. The Balaban J connectivity index is 3.02. The van der Waals surface area contributed by atoms with E-state index in [4.69, 9.17) is 4.74 Å². The lowest BCUT2D eigenvalue weighted by Crippen LogP contribution is -2.36. The minimum atomic E-state index is -0.494. The van der Waals surface area contributed by atoms with E-state index in [0.29, 0.717) is 5.92 Å². The van der Waals surface area contributed by atoms with Crippen molar-refractivity contribution >= 4 is 0 Å². The molecule has 3 heteroatoms. The van der Waals surface area contributed by atoms with E-state index >= 15 is 0 Å². The van der Waals surface area contributed by atoms with Gasteiger partial charge < -0.3 is 15.2 Å². The third-order valence-corrected chi connectivity index (χ3v) is 3.42. The highest BCUT2D eigenvalue weighted by Crippen LogP contribution is 2.27. The zero-order chi connectivity index (χ0) is 13.7. The first-order valence-electron chi connectivity index (χ1n) is 6.57. The molecular weight excluding hydrogens is 226 g/mol. The van der Waals surface area contributed by atoms with Crippen molar-refractivity contribution in [3.8, 4) is 5.75 Å². The molecule has 0 radical (unpaired) electrons. The lowest BCUT2D eigenvalue weighted by molar-refractivity contribution is 0.109. The third kappa shape index (κ3) is 3.24. The lowest BCUT2D eigenvalue weighted by Gasteiger charge is -2.26. The molecule has 1 rings (SSSR count). The van der Waals surface area contributed by atoms with Crippen molar-refractivity contribution in [2.24, 2.45) is 5.92 Å². The van der Waals surface area contributed by atoms with Gasteiger partial charge in [0.15, 0.2) is 0 Å². The molecule has 0 aromatic heterocycles. The molecule has 0 saturated carbocycles. The van der Waals surface area contributed by atoms with Crippen LogP contribution in [0.3, 0.4) is 0 Å². The molecule has 0 aliphatic rings. The van der Waals surface area contributed by atoms with Crippen LogP contribution < -0.4 is 10.1 Å². The average Bonchev–Trinajstić information content (AvgIpc) is 2.38. The predicted molar refractivity (Wildman–Crippen MR) is 75.0 cm³/mol. The summed E-state index contributed by atoms with van der Waals surface area (Å²) in [6.07, 6.45) is 0.404. The molecule has 2 atom stereocenters. The normalized spacial score (nSPS) is 14.6. The van der Waals surface area contributed by atoms with E-state index in [1.807, 2.05) is 25.2 Å². The summed E-state index contributed by atoms with van der Waals surface area (Å²) in [4.78, 5) is 0. The van der Waals surface area contributed by atoms with Crippen LogP contribution in [0, 0.1) is 5.92 Å². The second-order valence-electron chi connectivity index (χ2n) is 4.93. The fraction of sp³-hybridized carbons (Fsp3) is 0.600. The molecule has 1 aromatic carbocycles. The third-order valence-electron chi connectivity index (χ3n) is 3.42. The van der Waals surface area contributed by atoms with Gasteiger partial charge in [0.2, 0.25) is 0 Å². The van der Waals surface area contributed by atoms with E-state index in [1.54, 1.807) is 7.11 Å². The molecule has 102 valence electrons. The number of aliphatic hydroxyl groups is 1. The number of aliphatic hydroxyl groups excluding tert-OH is 1. The predicted octanol–water partition coefficient (Wildman–Crippen LogP) is 2.54. The van der Waals surface area contributed by atoms with Crippen LogP contribution >= 0.6 is 0 Å². The molecule has 0 amide bonds. The first-order valence-corrected chi connectivity index (χ1v) is 6.57. The van der Waals surface area contributed by atoms with Crippen LogP contribution in [-0.4, -0.2) is 25.3 Å². The van der Waals surface area contributed by atoms with Crippen molar-refractivity contribution in [2.75, 3.05) is 14.2 Å². The molecule has 0 bridgehead atoms. The Morgan fingerprint density at radius 1 is 1.33 bits per heavy atom. The molecule has 0 spiro atoms. The number of rotatable bonds is 6. The fourth-order valence-corrected chi connectivity index (χ4v) is 2.32. The minimum Gasteiger partial charge on any atom is -0.496 e. The topological polar surface area (TPSA) is 41.5 Å². The zero-order valence-corrected chi connectivity index (χ0v) is 12.0. The Bertz CT molecular complexity index is 377. The first kappa shape index (κ1) is 15.0. The van der Waals surface area contributed by atoms with Crippen molar-refractivity contribution in [1.29, 1.82) is 0 Å². The summed E-state index contributed by atoms with van der Waals surface area (Å²) < 4.78 is 5.31. The second-order valence-corrected chi connectivity index (χ2v) is 4.93. The maximum atomic E-state index is 10.4. The number of methoxy groups -OCH3 is 1. The van der Waals surface area contributed by atoms with Gasteiger partial charge in [-0.1, -0.05) is 26.8 Å². The molecule has 1 aromatic rings. The maximum absolute atomic E-state index is 10.4. The van der Waals surface area contributed by atoms with Gasteiger partial charge in [-0.25, -0.2) is 0 Å². The monoisotopic (exact) mass is 251 g/mol. The number of likely N-dealkylation sites (N-methyl/N-ethyl adjacent to an activating group) is 1. The summed E-state index contributed by atoms with van der Waals surface area (Å²) in [5.74, 6) is 1.26. The van der Waals surface area contributed by atoms with Gasteiger partial charge >= 0.3 is 0 Å². The highest BCUT2D eigenvalue weighted by molar-refractivity contribution is 5.38. The Labute approximate surface area is 110 Å². The van der Waals surface area contributed by atoms with Crippen molar-refractivity contribution in [3.63, 3.8) is 0 Å². The molecular formula is C15H25NO2. The van der Waals surface area contributed by atoms with Crippen molar-refractivity contribution in [2.45, 2.75) is 39.3 Å². The van der Waals surface area contributed by atoms with E-state index in [9.17, 15) is 5.11 Å². The summed E-state index contributed by atoms with van der Waals surface area (Å²) in [6.45, 7) is 6.30. The summed E-state index contributed by atoms with van der Waals surface area (Å²) >= 11 is 0. The molecule has 0 saturated heterocycles. The van der Waals surface area contributed by atoms with E-state index < -0.39 is 6.10 Å². The van der Waals surface area contributed by atoms with E-state index in [2.05, 4.69) is 26.1 Å². The molecule has 2 N–H and O–H groups in total. The first-order chi connectivity index (χ1) is 8.54. The number of hydrogen-bond acceptors (Lipinski definition) is 3. The number of benzene rings is 1. The van der Waals surface area contributed by atoms with E-state index in [0.717, 1.165) is 23.3 Å². The average molecular weight is 251 g/mol. The van der Waals surface area contributed by atoms with Gasteiger partial charge in [0.25, 0.3) is 0 Å². The van der Waals surface area contributed by atoms with Crippen LogP contribution in [0.2, 0.25) is 0 Å². The van der Waals surface area contributed by atoms with Crippen LogP contribution in [0.4, 0.5) is 0 Å². The molecule has 18 heavy (non-hydrogen) atoms. The molecule has 0 aliphatic heterocycles. The van der Waals surface area contributed by atoms with Gasteiger partial charge in [-0.15, -0.1) is 0 Å². The van der Waals surface area contributed by atoms with Crippen LogP contribution in [-0.2, 0) is 6.42 Å². The smallest absolute Gasteiger partial charge is 0.122 e. The standard InChI is InChI=1S/C15H25NO2/c1-6-11-9-12(7-8-13(11)18-5)15(17)14(16-4)10(2)3/h7-10,14-17H,6H2,1-5H3. The Morgan fingerprint density at radius 2 is 2.00 bits per heavy atom. The molecule has 3 nitrogen and oxygen atoms in total. The quantitative estimate of drug-likeness (QED) is 0.816. The molecule has 0 heterocycles. The highest BCUT2D eigenvalue weighted by atomic mass is 16.5.